The van der Waals surface area contributed by atoms with Crippen LogP contribution in [0.15, 0.2) is 18.2 Å². The maximum Gasteiger partial charge on any atom is 0.327 e. The van der Waals surface area contributed by atoms with E-state index in [0.717, 1.165) is 4.90 Å². The van der Waals surface area contributed by atoms with Crippen molar-refractivity contribution in [2.24, 2.45) is 5.92 Å². The number of esters is 1. The van der Waals surface area contributed by atoms with Crippen molar-refractivity contribution in [3.63, 3.8) is 0 Å². The Hall–Kier alpha value is -2.23. The van der Waals surface area contributed by atoms with Gasteiger partial charge in [-0.05, 0) is 23.6 Å². The number of carbonyl (C=O) groups is 3. The molecular weight excluding hydrogens is 379 g/mol. The van der Waals surface area contributed by atoms with Crippen LogP contribution in [0.4, 0.5) is 4.79 Å². The summed E-state index contributed by atoms with van der Waals surface area (Å²) < 4.78 is 5.45. The zero-order chi connectivity index (χ0) is 19.4. The molecule has 1 N–H and O–H groups in total. The lowest BCUT2D eigenvalue weighted by atomic mass is 9.88. The topological polar surface area (TPSA) is 75.7 Å². The SMILES string of the molecule is C#CCC(OC(=O)C(c1ccc(Cl)c(Cl)c1)C(C)C)N1C(=O)CNC1=O. The van der Waals surface area contributed by atoms with Crippen molar-refractivity contribution in [3.8, 4) is 12.3 Å². The van der Waals surface area contributed by atoms with Crippen LogP contribution < -0.4 is 5.32 Å². The highest BCUT2D eigenvalue weighted by atomic mass is 35.5. The second-order valence-electron chi connectivity index (χ2n) is 6.12. The van der Waals surface area contributed by atoms with E-state index >= 15 is 0 Å². The molecule has 1 aliphatic heterocycles. The smallest absolute Gasteiger partial charge is 0.327 e. The summed E-state index contributed by atoms with van der Waals surface area (Å²) in [4.78, 5) is 37.4. The number of hydrogen-bond donors (Lipinski definition) is 1. The van der Waals surface area contributed by atoms with Gasteiger partial charge in [-0.3, -0.25) is 9.59 Å². The molecule has 0 saturated carbocycles. The molecule has 1 aromatic rings. The van der Waals surface area contributed by atoms with Gasteiger partial charge in [0.05, 0.1) is 28.9 Å². The number of hydrogen-bond acceptors (Lipinski definition) is 4. The van der Waals surface area contributed by atoms with Crippen LogP contribution in [-0.4, -0.2) is 35.6 Å². The Bertz CT molecular complexity index is 757. The summed E-state index contributed by atoms with van der Waals surface area (Å²) >= 11 is 12.0. The molecule has 2 rings (SSSR count). The van der Waals surface area contributed by atoms with E-state index in [1.807, 2.05) is 13.8 Å². The fourth-order valence-electron chi connectivity index (χ4n) is 2.72. The highest BCUT2D eigenvalue weighted by Crippen LogP contribution is 2.32. The van der Waals surface area contributed by atoms with Crippen LogP contribution in [0.25, 0.3) is 0 Å². The fourth-order valence-corrected chi connectivity index (χ4v) is 3.03. The number of urea groups is 1. The third kappa shape index (κ3) is 4.29. The zero-order valence-electron chi connectivity index (χ0n) is 14.3. The standard InChI is InChI=1S/C18H18Cl2N2O4/c1-4-5-15(22-14(23)9-21-18(22)25)26-17(24)16(10(2)3)11-6-7-12(19)13(20)8-11/h1,6-8,10,15-16H,5,9H2,2-3H3,(H,21,25). The summed E-state index contributed by atoms with van der Waals surface area (Å²) in [5.41, 5.74) is 0.621. The van der Waals surface area contributed by atoms with Gasteiger partial charge in [0.25, 0.3) is 5.91 Å². The molecule has 0 aliphatic carbocycles. The first-order chi connectivity index (χ1) is 12.3. The van der Waals surface area contributed by atoms with E-state index in [4.69, 9.17) is 34.4 Å². The van der Waals surface area contributed by atoms with Crippen LogP contribution in [0.3, 0.4) is 0 Å². The molecule has 0 aromatic heterocycles. The first-order valence-corrected chi connectivity index (χ1v) is 8.70. The van der Waals surface area contributed by atoms with Gasteiger partial charge in [0.2, 0.25) is 0 Å². The Labute approximate surface area is 161 Å². The van der Waals surface area contributed by atoms with Crippen LogP contribution in [0.2, 0.25) is 10.0 Å². The molecule has 6 nitrogen and oxygen atoms in total. The van der Waals surface area contributed by atoms with E-state index in [1.165, 1.54) is 0 Å². The maximum atomic E-state index is 12.8. The van der Waals surface area contributed by atoms with Gasteiger partial charge in [-0.15, -0.1) is 12.3 Å². The van der Waals surface area contributed by atoms with E-state index < -0.39 is 30.1 Å². The first kappa shape index (κ1) is 20.1. The molecule has 1 aliphatic rings. The average molecular weight is 397 g/mol. The summed E-state index contributed by atoms with van der Waals surface area (Å²) in [7, 11) is 0. The van der Waals surface area contributed by atoms with E-state index in [0.29, 0.717) is 15.6 Å². The molecule has 0 spiro atoms. The van der Waals surface area contributed by atoms with Crippen molar-refractivity contribution in [2.75, 3.05) is 6.54 Å². The van der Waals surface area contributed by atoms with Gasteiger partial charge in [0, 0.05) is 0 Å². The molecule has 1 aromatic carbocycles. The number of terminal acetylenes is 1. The Balaban J connectivity index is 2.27. The molecule has 26 heavy (non-hydrogen) atoms. The van der Waals surface area contributed by atoms with Crippen molar-refractivity contribution < 1.29 is 19.1 Å². The molecule has 138 valence electrons. The number of nitrogens with one attached hydrogen (secondary N) is 1. The van der Waals surface area contributed by atoms with E-state index in [2.05, 4.69) is 11.2 Å². The number of imide groups is 1. The van der Waals surface area contributed by atoms with E-state index in [9.17, 15) is 14.4 Å². The lowest BCUT2D eigenvalue weighted by molar-refractivity contribution is -0.161. The van der Waals surface area contributed by atoms with Gasteiger partial charge >= 0.3 is 12.0 Å². The van der Waals surface area contributed by atoms with Crippen molar-refractivity contribution in [1.29, 1.82) is 0 Å². The molecular formula is C18H18Cl2N2O4. The predicted molar refractivity (Wildman–Crippen MR) is 97.6 cm³/mol. The zero-order valence-corrected chi connectivity index (χ0v) is 15.8. The summed E-state index contributed by atoms with van der Waals surface area (Å²) in [6, 6.07) is 4.24. The number of rotatable bonds is 6. The third-order valence-electron chi connectivity index (χ3n) is 3.93. The van der Waals surface area contributed by atoms with Crippen molar-refractivity contribution in [1.82, 2.24) is 10.2 Å². The number of carbonyl (C=O) groups excluding carboxylic acids is 3. The maximum absolute atomic E-state index is 12.8. The Morgan fingerprint density at radius 1 is 1.35 bits per heavy atom. The second-order valence-corrected chi connectivity index (χ2v) is 6.93. The summed E-state index contributed by atoms with van der Waals surface area (Å²) in [5.74, 6) is 0.428. The normalized spacial score (nSPS) is 16.2. The fraction of sp³-hybridized carbons (Fsp3) is 0.389. The van der Waals surface area contributed by atoms with Gasteiger partial charge in [-0.2, -0.15) is 0 Å². The molecule has 1 fully saturated rings. The van der Waals surface area contributed by atoms with Gasteiger partial charge in [-0.25, -0.2) is 9.69 Å². The first-order valence-electron chi connectivity index (χ1n) is 7.95. The van der Waals surface area contributed by atoms with Crippen molar-refractivity contribution >= 4 is 41.1 Å². The minimum atomic E-state index is -1.16. The average Bonchev–Trinajstić information content (AvgIpc) is 2.89. The number of amides is 3. The van der Waals surface area contributed by atoms with Crippen LogP contribution in [-0.2, 0) is 14.3 Å². The lowest BCUT2D eigenvalue weighted by Crippen LogP contribution is -2.44. The summed E-state index contributed by atoms with van der Waals surface area (Å²) in [5, 5.41) is 3.06. The van der Waals surface area contributed by atoms with Crippen LogP contribution in [0.1, 0.15) is 31.7 Å². The second kappa shape index (κ2) is 8.43. The Morgan fingerprint density at radius 3 is 2.54 bits per heavy atom. The van der Waals surface area contributed by atoms with Gasteiger partial charge in [0.15, 0.2) is 6.23 Å². The Morgan fingerprint density at radius 2 is 2.04 bits per heavy atom. The summed E-state index contributed by atoms with van der Waals surface area (Å²) in [6.07, 6.45) is 4.04. The predicted octanol–water partition coefficient (Wildman–Crippen LogP) is 3.18. The highest BCUT2D eigenvalue weighted by molar-refractivity contribution is 6.42. The van der Waals surface area contributed by atoms with Crippen molar-refractivity contribution in [2.45, 2.75) is 32.4 Å². The van der Waals surface area contributed by atoms with Crippen LogP contribution in [0.5, 0.6) is 0 Å². The monoisotopic (exact) mass is 396 g/mol. The number of ether oxygens (including phenoxy) is 1. The number of benzene rings is 1. The van der Waals surface area contributed by atoms with Crippen molar-refractivity contribution in [3.05, 3.63) is 33.8 Å². The Kier molecular flexibility index (Phi) is 6.52. The molecule has 8 heteroatoms. The molecule has 0 bridgehead atoms. The highest BCUT2D eigenvalue weighted by Gasteiger charge is 2.38. The van der Waals surface area contributed by atoms with Crippen LogP contribution in [0, 0.1) is 18.3 Å². The lowest BCUT2D eigenvalue weighted by Gasteiger charge is -2.27. The minimum absolute atomic E-state index is 0.100. The third-order valence-corrected chi connectivity index (χ3v) is 4.67. The number of halogens is 2. The molecule has 2 unspecified atom stereocenters. The van der Waals surface area contributed by atoms with E-state index in [-0.39, 0.29) is 18.9 Å². The van der Waals surface area contributed by atoms with Crippen LogP contribution >= 0.6 is 23.2 Å². The molecule has 2 atom stereocenters. The van der Waals surface area contributed by atoms with Gasteiger partial charge < -0.3 is 10.1 Å². The molecule has 1 heterocycles. The van der Waals surface area contributed by atoms with Gasteiger partial charge in [0.1, 0.15) is 0 Å². The molecule has 0 radical (unpaired) electrons. The minimum Gasteiger partial charge on any atom is -0.439 e. The number of nitrogens with zero attached hydrogens (tertiary/aromatic N) is 1. The molecule has 1 saturated heterocycles. The quantitative estimate of drug-likeness (QED) is 0.455. The summed E-state index contributed by atoms with van der Waals surface area (Å²) in [6.45, 7) is 3.54. The molecule has 3 amide bonds. The van der Waals surface area contributed by atoms with Gasteiger partial charge in [-0.1, -0.05) is 43.1 Å². The largest absolute Gasteiger partial charge is 0.439 e. The van der Waals surface area contributed by atoms with E-state index in [1.54, 1.807) is 18.2 Å².